The van der Waals surface area contributed by atoms with Gasteiger partial charge in [-0.15, -0.1) is 0 Å². The van der Waals surface area contributed by atoms with E-state index in [2.05, 4.69) is 10.6 Å². The van der Waals surface area contributed by atoms with Crippen molar-refractivity contribution in [3.8, 4) is 0 Å². The van der Waals surface area contributed by atoms with Crippen molar-refractivity contribution in [3.63, 3.8) is 0 Å². The van der Waals surface area contributed by atoms with E-state index in [4.69, 9.17) is 16.2 Å². The summed E-state index contributed by atoms with van der Waals surface area (Å²) in [6.07, 6.45) is 0.278. The summed E-state index contributed by atoms with van der Waals surface area (Å²) >= 11 is 0. The molecule has 9 heteroatoms. The number of nitrogens with zero attached hydrogens (tertiary/aromatic N) is 1. The van der Waals surface area contributed by atoms with E-state index in [1.165, 1.54) is 0 Å². The molecule has 0 bridgehead atoms. The number of amidine groups is 1. The number of nitrogen functional groups attached to an aromatic ring is 1. The second-order valence-electron chi connectivity index (χ2n) is 5.34. The number of carbonyl (C=O) groups excluding carboxylic acids is 2. The van der Waals surface area contributed by atoms with Gasteiger partial charge in [0.1, 0.15) is 11.9 Å². The maximum absolute atomic E-state index is 12.4. The lowest BCUT2D eigenvalue weighted by Gasteiger charge is -2.17. The summed E-state index contributed by atoms with van der Waals surface area (Å²) in [7, 11) is 0. The SMILES string of the molecule is N=C(N)c1ccc(N2CC[C@@H](NC(=O)NCCC(=O)O)C2=O)cc1. The standard InChI is InChI=1S/C15H19N5O4/c16-13(17)9-1-3-10(4-2-9)20-8-6-11(14(20)23)19-15(24)18-7-5-12(21)22/h1-4,11H,5-8H2,(H3,16,17)(H,21,22)(H2,18,19,24)/t11-/m1/s1. The maximum atomic E-state index is 12.4. The van der Waals surface area contributed by atoms with Crippen molar-refractivity contribution in [2.75, 3.05) is 18.0 Å². The fraction of sp³-hybridized carbons (Fsp3) is 0.333. The molecule has 9 nitrogen and oxygen atoms in total. The number of hydrogen-bond acceptors (Lipinski definition) is 4. The van der Waals surface area contributed by atoms with Crippen LogP contribution in [0, 0.1) is 5.41 Å². The van der Waals surface area contributed by atoms with Gasteiger partial charge in [0.15, 0.2) is 0 Å². The average Bonchev–Trinajstić information content (AvgIpc) is 2.88. The number of nitrogens with two attached hydrogens (primary N) is 1. The second-order valence-corrected chi connectivity index (χ2v) is 5.34. The van der Waals surface area contributed by atoms with Gasteiger partial charge in [-0.25, -0.2) is 4.79 Å². The topological polar surface area (TPSA) is 149 Å². The molecule has 0 aromatic heterocycles. The van der Waals surface area contributed by atoms with Crippen molar-refractivity contribution in [2.24, 2.45) is 5.73 Å². The third-order valence-electron chi connectivity index (χ3n) is 3.63. The van der Waals surface area contributed by atoms with Gasteiger partial charge >= 0.3 is 12.0 Å². The van der Waals surface area contributed by atoms with Crippen LogP contribution in [0.3, 0.4) is 0 Å². The van der Waals surface area contributed by atoms with Crippen molar-refractivity contribution >= 4 is 29.4 Å². The first kappa shape index (κ1) is 17.3. The van der Waals surface area contributed by atoms with Gasteiger partial charge < -0.3 is 26.4 Å². The number of rotatable bonds is 6. The highest BCUT2D eigenvalue weighted by Gasteiger charge is 2.33. The Morgan fingerprint density at radius 2 is 2.00 bits per heavy atom. The van der Waals surface area contributed by atoms with Gasteiger partial charge in [-0.1, -0.05) is 0 Å². The summed E-state index contributed by atoms with van der Waals surface area (Å²) in [6.45, 7) is 0.455. The minimum absolute atomic E-state index is 0.00169. The molecule has 3 amide bonds. The van der Waals surface area contributed by atoms with Gasteiger partial charge in [-0.3, -0.25) is 15.0 Å². The highest BCUT2D eigenvalue weighted by molar-refractivity contribution is 6.02. The number of carbonyl (C=O) groups is 3. The van der Waals surface area contributed by atoms with Crippen LogP contribution in [0.4, 0.5) is 10.5 Å². The molecule has 1 aliphatic heterocycles. The molecule has 1 heterocycles. The number of amides is 3. The van der Waals surface area contributed by atoms with Gasteiger partial charge in [-0.05, 0) is 30.7 Å². The Balaban J connectivity index is 1.91. The molecule has 0 radical (unpaired) electrons. The molecular weight excluding hydrogens is 314 g/mol. The summed E-state index contributed by atoms with van der Waals surface area (Å²) in [5.74, 6) is -1.29. The summed E-state index contributed by atoms with van der Waals surface area (Å²) in [6, 6.07) is 5.49. The number of hydrogen-bond donors (Lipinski definition) is 5. The zero-order valence-corrected chi connectivity index (χ0v) is 12.9. The predicted octanol–water partition coefficient (Wildman–Crippen LogP) is -0.150. The molecule has 0 saturated carbocycles. The van der Waals surface area contributed by atoms with Crippen molar-refractivity contribution < 1.29 is 19.5 Å². The second kappa shape index (κ2) is 7.44. The van der Waals surface area contributed by atoms with Gasteiger partial charge in [0.2, 0.25) is 5.91 Å². The highest BCUT2D eigenvalue weighted by Crippen LogP contribution is 2.22. The van der Waals surface area contributed by atoms with Crippen molar-refractivity contribution in [3.05, 3.63) is 29.8 Å². The molecule has 0 aliphatic carbocycles. The third-order valence-corrected chi connectivity index (χ3v) is 3.63. The summed E-state index contributed by atoms with van der Waals surface area (Å²) < 4.78 is 0. The van der Waals surface area contributed by atoms with E-state index in [0.717, 1.165) is 0 Å². The number of anilines is 1. The van der Waals surface area contributed by atoms with Crippen LogP contribution in [0.5, 0.6) is 0 Å². The Morgan fingerprint density at radius 3 is 2.58 bits per heavy atom. The molecule has 1 saturated heterocycles. The summed E-state index contributed by atoms with van der Waals surface area (Å²) in [4.78, 5) is 36.0. The van der Waals surface area contributed by atoms with E-state index in [1.54, 1.807) is 29.2 Å². The number of carboxylic acids is 1. The molecule has 24 heavy (non-hydrogen) atoms. The Labute approximate surface area is 138 Å². The molecule has 1 aliphatic rings. The third kappa shape index (κ3) is 4.22. The smallest absolute Gasteiger partial charge is 0.315 e. The maximum Gasteiger partial charge on any atom is 0.315 e. The van der Waals surface area contributed by atoms with Gasteiger partial charge in [-0.2, -0.15) is 0 Å². The summed E-state index contributed by atoms with van der Waals surface area (Å²) in [5.41, 5.74) is 6.63. The largest absolute Gasteiger partial charge is 0.481 e. The molecule has 0 unspecified atom stereocenters. The predicted molar refractivity (Wildman–Crippen MR) is 87.0 cm³/mol. The molecule has 0 spiro atoms. The van der Waals surface area contributed by atoms with Crippen molar-refractivity contribution in [2.45, 2.75) is 18.9 Å². The van der Waals surface area contributed by atoms with Crippen LogP contribution in [0.15, 0.2) is 24.3 Å². The van der Waals surface area contributed by atoms with Gasteiger partial charge in [0.05, 0.1) is 6.42 Å². The van der Waals surface area contributed by atoms with E-state index in [-0.39, 0.29) is 24.7 Å². The molecular formula is C15H19N5O4. The van der Waals surface area contributed by atoms with E-state index in [9.17, 15) is 14.4 Å². The Kier molecular flexibility index (Phi) is 5.35. The number of benzene rings is 1. The number of aliphatic carboxylic acids is 1. The quantitative estimate of drug-likeness (QED) is 0.362. The number of urea groups is 1. The Hall–Kier alpha value is -3.10. The van der Waals surface area contributed by atoms with Crippen molar-refractivity contribution in [1.82, 2.24) is 10.6 Å². The summed E-state index contributed by atoms with van der Waals surface area (Å²) in [5, 5.41) is 20.8. The molecule has 2 rings (SSSR count). The fourth-order valence-corrected chi connectivity index (χ4v) is 2.38. The first-order chi connectivity index (χ1) is 11.4. The van der Waals surface area contributed by atoms with Crippen molar-refractivity contribution in [1.29, 1.82) is 5.41 Å². The highest BCUT2D eigenvalue weighted by atomic mass is 16.4. The zero-order valence-electron chi connectivity index (χ0n) is 12.9. The first-order valence-corrected chi connectivity index (χ1v) is 7.40. The fourth-order valence-electron chi connectivity index (χ4n) is 2.38. The average molecular weight is 333 g/mol. The van der Waals surface area contributed by atoms with E-state index < -0.39 is 18.0 Å². The molecule has 128 valence electrons. The van der Waals surface area contributed by atoms with E-state index in [0.29, 0.717) is 24.2 Å². The molecule has 1 atom stereocenters. The lowest BCUT2D eigenvalue weighted by molar-refractivity contribution is -0.136. The van der Waals surface area contributed by atoms with Crippen LogP contribution in [0.1, 0.15) is 18.4 Å². The minimum atomic E-state index is -1.01. The van der Waals surface area contributed by atoms with Crippen LogP contribution in [0.2, 0.25) is 0 Å². The van der Waals surface area contributed by atoms with Crippen LogP contribution in [0.25, 0.3) is 0 Å². The van der Waals surface area contributed by atoms with E-state index in [1.807, 2.05) is 0 Å². The number of carboxylic acid groups (broad SMARTS) is 1. The van der Waals surface area contributed by atoms with Crippen LogP contribution in [-0.4, -0.2) is 48.0 Å². The molecule has 1 fully saturated rings. The normalized spacial score (nSPS) is 16.8. The van der Waals surface area contributed by atoms with Gasteiger partial charge in [0, 0.05) is 24.3 Å². The lowest BCUT2D eigenvalue weighted by atomic mass is 10.2. The molecule has 6 N–H and O–H groups in total. The zero-order chi connectivity index (χ0) is 17.7. The minimum Gasteiger partial charge on any atom is -0.481 e. The molecule has 1 aromatic rings. The van der Waals surface area contributed by atoms with E-state index >= 15 is 0 Å². The van der Waals surface area contributed by atoms with Crippen LogP contribution in [-0.2, 0) is 9.59 Å². The Morgan fingerprint density at radius 1 is 1.33 bits per heavy atom. The first-order valence-electron chi connectivity index (χ1n) is 7.40. The molecule has 1 aromatic carbocycles. The van der Waals surface area contributed by atoms with Crippen LogP contribution < -0.4 is 21.3 Å². The number of nitrogens with one attached hydrogen (secondary N) is 3. The van der Waals surface area contributed by atoms with Crippen LogP contribution >= 0.6 is 0 Å². The Bertz CT molecular complexity index is 658. The monoisotopic (exact) mass is 333 g/mol. The van der Waals surface area contributed by atoms with Gasteiger partial charge in [0.25, 0.3) is 0 Å². The lowest BCUT2D eigenvalue weighted by Crippen LogP contribution is -2.46.